The number of rotatable bonds is 2. The zero-order valence-corrected chi connectivity index (χ0v) is 15.3. The van der Waals surface area contributed by atoms with E-state index in [1.165, 1.54) is 30.2 Å². The Morgan fingerprint density at radius 3 is 2.48 bits per heavy atom. The minimum atomic E-state index is 0.0840. The van der Waals surface area contributed by atoms with Gasteiger partial charge in [-0.1, -0.05) is 20.8 Å². The van der Waals surface area contributed by atoms with E-state index in [1.54, 1.807) is 0 Å². The van der Waals surface area contributed by atoms with E-state index in [0.29, 0.717) is 5.41 Å². The van der Waals surface area contributed by atoms with Crippen molar-refractivity contribution in [3.05, 3.63) is 0 Å². The highest BCUT2D eigenvalue weighted by atomic mass is 32.2. The molecule has 1 spiro atoms. The maximum absolute atomic E-state index is 4.95. The van der Waals surface area contributed by atoms with Crippen LogP contribution in [0.15, 0.2) is 4.99 Å². The molecule has 0 aromatic carbocycles. The Morgan fingerprint density at radius 1 is 1.19 bits per heavy atom. The molecule has 0 unspecified atom stereocenters. The number of nitrogens with zero attached hydrogens (tertiary/aromatic N) is 1. The van der Waals surface area contributed by atoms with Gasteiger partial charge in [-0.05, 0) is 63.0 Å². The molecule has 2 rings (SSSR count). The molecule has 2 heterocycles. The summed E-state index contributed by atoms with van der Waals surface area (Å²) in [5.41, 5.74) is 0.516. The van der Waals surface area contributed by atoms with Gasteiger partial charge in [0.15, 0.2) is 0 Å². The van der Waals surface area contributed by atoms with Crippen LogP contribution in [0.5, 0.6) is 0 Å². The van der Waals surface area contributed by atoms with Crippen molar-refractivity contribution in [1.29, 1.82) is 0 Å². The van der Waals surface area contributed by atoms with Gasteiger partial charge in [-0.3, -0.25) is 4.99 Å². The molecule has 1 saturated heterocycles. The molecule has 0 radical (unpaired) electrons. The number of hydrogen-bond acceptors (Lipinski definition) is 4. The molecule has 0 aromatic rings. The zero-order valence-electron chi connectivity index (χ0n) is 14.5. The lowest BCUT2D eigenvalue weighted by Gasteiger charge is -2.43. The maximum atomic E-state index is 4.95. The van der Waals surface area contributed by atoms with Gasteiger partial charge in [0.05, 0.1) is 5.54 Å². The fraction of sp³-hybridized carbons (Fsp3) is 0.941. The highest BCUT2D eigenvalue weighted by molar-refractivity contribution is 7.99. The van der Waals surface area contributed by atoms with E-state index in [-0.39, 0.29) is 11.1 Å². The SMILES string of the molecule is CC(C)(C)CC(C)(C)NC1=NCCCNC12CCSCC2. The van der Waals surface area contributed by atoms with Crippen molar-refractivity contribution >= 4 is 17.6 Å². The minimum Gasteiger partial charge on any atom is -0.367 e. The predicted molar refractivity (Wildman–Crippen MR) is 95.5 cm³/mol. The second-order valence-corrected chi connectivity index (χ2v) is 9.68. The van der Waals surface area contributed by atoms with E-state index in [1.807, 2.05) is 0 Å². The second kappa shape index (κ2) is 6.49. The Labute approximate surface area is 135 Å². The molecule has 0 bridgehead atoms. The van der Waals surface area contributed by atoms with Crippen molar-refractivity contribution in [2.24, 2.45) is 10.4 Å². The smallest absolute Gasteiger partial charge is 0.117 e. The van der Waals surface area contributed by atoms with Crippen molar-refractivity contribution in [1.82, 2.24) is 10.6 Å². The van der Waals surface area contributed by atoms with E-state index in [9.17, 15) is 0 Å². The van der Waals surface area contributed by atoms with Gasteiger partial charge in [0.25, 0.3) is 0 Å². The van der Waals surface area contributed by atoms with Crippen LogP contribution in [0.4, 0.5) is 0 Å². The highest BCUT2D eigenvalue weighted by Gasteiger charge is 2.40. The Bertz CT molecular complexity index is 376. The molecular weight excluding hydrogens is 278 g/mol. The summed E-state index contributed by atoms with van der Waals surface area (Å²) in [4.78, 5) is 4.95. The van der Waals surface area contributed by atoms with Crippen LogP contribution >= 0.6 is 11.8 Å². The quantitative estimate of drug-likeness (QED) is 0.820. The Kier molecular flexibility index (Phi) is 5.30. The number of nitrogens with one attached hydrogen (secondary N) is 2. The lowest BCUT2D eigenvalue weighted by atomic mass is 9.80. The normalized spacial score (nSPS) is 23.6. The van der Waals surface area contributed by atoms with Crippen LogP contribution in [0.25, 0.3) is 0 Å². The Hall–Kier alpha value is -0.220. The third-order valence-corrected chi connectivity index (χ3v) is 5.28. The number of amidine groups is 1. The second-order valence-electron chi connectivity index (χ2n) is 8.45. The minimum absolute atomic E-state index is 0.0840. The van der Waals surface area contributed by atoms with E-state index in [2.05, 4.69) is 57.0 Å². The summed E-state index contributed by atoms with van der Waals surface area (Å²) >= 11 is 2.08. The highest BCUT2D eigenvalue weighted by Crippen LogP contribution is 2.32. The summed E-state index contributed by atoms with van der Waals surface area (Å²) in [6.07, 6.45) is 4.70. The van der Waals surface area contributed by atoms with E-state index in [0.717, 1.165) is 25.9 Å². The lowest BCUT2D eigenvalue weighted by molar-refractivity contribution is 0.260. The number of hydrogen-bond donors (Lipinski definition) is 2. The van der Waals surface area contributed by atoms with Crippen LogP contribution in [0.1, 0.15) is 60.3 Å². The predicted octanol–water partition coefficient (Wildman–Crippen LogP) is 3.45. The fourth-order valence-electron chi connectivity index (χ4n) is 3.82. The first-order valence-corrected chi connectivity index (χ1v) is 9.54. The van der Waals surface area contributed by atoms with Crippen LogP contribution in [-0.4, -0.2) is 41.5 Å². The lowest BCUT2D eigenvalue weighted by Crippen LogP contribution is -2.62. The van der Waals surface area contributed by atoms with Crippen LogP contribution < -0.4 is 10.6 Å². The summed E-state index contributed by atoms with van der Waals surface area (Å²) in [7, 11) is 0. The van der Waals surface area contributed by atoms with Crippen molar-refractivity contribution in [2.75, 3.05) is 24.6 Å². The largest absolute Gasteiger partial charge is 0.367 e. The van der Waals surface area contributed by atoms with Crippen molar-refractivity contribution in [3.63, 3.8) is 0 Å². The van der Waals surface area contributed by atoms with Crippen molar-refractivity contribution < 1.29 is 0 Å². The topological polar surface area (TPSA) is 36.4 Å². The number of aliphatic imine (C=N–C) groups is 1. The standard InChI is InChI=1S/C17H33N3S/c1-15(2,3)13-16(4,5)20-14-17(7-11-21-12-8-17)19-10-6-9-18-14/h19H,6-13H2,1-5H3,(H,18,20). The van der Waals surface area contributed by atoms with Gasteiger partial charge < -0.3 is 10.6 Å². The molecule has 0 atom stereocenters. The molecule has 2 N–H and O–H groups in total. The summed E-state index contributed by atoms with van der Waals surface area (Å²) < 4.78 is 0. The third kappa shape index (κ3) is 4.88. The average Bonchev–Trinajstić information content (AvgIpc) is 2.51. The molecule has 1 fully saturated rings. The van der Waals surface area contributed by atoms with Gasteiger partial charge in [0.2, 0.25) is 0 Å². The van der Waals surface area contributed by atoms with E-state index < -0.39 is 0 Å². The molecule has 2 aliphatic rings. The zero-order chi connectivity index (χ0) is 15.6. The summed E-state index contributed by atoms with van der Waals surface area (Å²) in [6.45, 7) is 13.6. The molecule has 2 aliphatic heterocycles. The first kappa shape index (κ1) is 17.1. The summed E-state index contributed by atoms with van der Waals surface area (Å²) in [6, 6.07) is 0. The van der Waals surface area contributed by atoms with Crippen molar-refractivity contribution in [3.8, 4) is 0 Å². The van der Waals surface area contributed by atoms with Crippen LogP contribution in [0, 0.1) is 5.41 Å². The van der Waals surface area contributed by atoms with Gasteiger partial charge in [-0.15, -0.1) is 0 Å². The molecule has 3 nitrogen and oxygen atoms in total. The first-order valence-electron chi connectivity index (χ1n) is 8.38. The van der Waals surface area contributed by atoms with Gasteiger partial charge >= 0.3 is 0 Å². The van der Waals surface area contributed by atoms with Gasteiger partial charge in [0, 0.05) is 12.1 Å². The average molecular weight is 312 g/mol. The molecule has 0 amide bonds. The summed E-state index contributed by atoms with van der Waals surface area (Å²) in [5.74, 6) is 3.72. The Balaban J connectivity index is 2.15. The van der Waals surface area contributed by atoms with E-state index in [4.69, 9.17) is 4.99 Å². The third-order valence-electron chi connectivity index (χ3n) is 4.30. The number of thioether (sulfide) groups is 1. The van der Waals surface area contributed by atoms with Gasteiger partial charge in [-0.25, -0.2) is 0 Å². The van der Waals surface area contributed by atoms with Crippen molar-refractivity contribution in [2.45, 2.75) is 71.4 Å². The molecule has 0 saturated carbocycles. The van der Waals surface area contributed by atoms with Crippen LogP contribution in [-0.2, 0) is 0 Å². The van der Waals surface area contributed by atoms with E-state index >= 15 is 0 Å². The monoisotopic (exact) mass is 311 g/mol. The van der Waals surface area contributed by atoms with Crippen LogP contribution in [0.2, 0.25) is 0 Å². The van der Waals surface area contributed by atoms with Gasteiger partial charge in [0.1, 0.15) is 5.84 Å². The molecule has 4 heteroatoms. The molecular formula is C17H33N3S. The maximum Gasteiger partial charge on any atom is 0.117 e. The Morgan fingerprint density at radius 2 is 1.86 bits per heavy atom. The first-order chi connectivity index (χ1) is 9.73. The molecule has 0 aromatic heterocycles. The molecule has 122 valence electrons. The van der Waals surface area contributed by atoms with Gasteiger partial charge in [-0.2, -0.15) is 11.8 Å². The summed E-state index contributed by atoms with van der Waals surface area (Å²) in [5, 5.41) is 7.66. The van der Waals surface area contributed by atoms with Crippen LogP contribution in [0.3, 0.4) is 0 Å². The fourth-order valence-corrected chi connectivity index (χ4v) is 5.01. The molecule has 0 aliphatic carbocycles. The molecule has 21 heavy (non-hydrogen) atoms.